The fraction of sp³-hybridized carbons (Fsp3) is 0.500. The van der Waals surface area contributed by atoms with Gasteiger partial charge >= 0.3 is 0 Å². The summed E-state index contributed by atoms with van der Waals surface area (Å²) < 4.78 is 1.68. The van der Waals surface area contributed by atoms with E-state index in [0.717, 1.165) is 43.3 Å². The van der Waals surface area contributed by atoms with E-state index >= 15 is 0 Å². The van der Waals surface area contributed by atoms with Crippen LogP contribution in [0.1, 0.15) is 11.4 Å². The van der Waals surface area contributed by atoms with Crippen LogP contribution in [0.15, 0.2) is 24.3 Å². The molecule has 4 rings (SSSR count). The molecule has 1 aromatic heterocycles. The Morgan fingerprint density at radius 3 is 2.52 bits per heavy atom. The van der Waals surface area contributed by atoms with E-state index < -0.39 is 0 Å². The molecule has 7 nitrogen and oxygen atoms in total. The predicted octanol–water partition coefficient (Wildman–Crippen LogP) is 0.191. The van der Waals surface area contributed by atoms with E-state index in [0.29, 0.717) is 18.3 Å². The number of benzene rings is 1. The highest BCUT2D eigenvalue weighted by Gasteiger charge is 2.37. The van der Waals surface area contributed by atoms with Crippen molar-refractivity contribution in [1.82, 2.24) is 30.4 Å². The first-order chi connectivity index (χ1) is 11.2. The monoisotopic (exact) mass is 312 g/mol. The van der Waals surface area contributed by atoms with Crippen LogP contribution in [-0.2, 0) is 11.2 Å². The van der Waals surface area contributed by atoms with Crippen molar-refractivity contribution < 1.29 is 4.79 Å². The van der Waals surface area contributed by atoms with Crippen molar-refractivity contribution in [2.24, 2.45) is 11.8 Å². The smallest absolute Gasteiger partial charge is 0.227 e. The van der Waals surface area contributed by atoms with Gasteiger partial charge in [-0.2, -0.15) is 4.68 Å². The molecule has 0 unspecified atom stereocenters. The summed E-state index contributed by atoms with van der Waals surface area (Å²) in [4.78, 5) is 14.5. The SMILES string of the molecule is Cc1nnnn1-c1ccc(CC(=O)N2C[C@H]3CNC[C@H]3C2)cc1. The zero-order chi connectivity index (χ0) is 15.8. The number of hydrogen-bond acceptors (Lipinski definition) is 5. The van der Waals surface area contributed by atoms with Crippen LogP contribution in [-0.4, -0.2) is 57.2 Å². The van der Waals surface area contributed by atoms with E-state index in [1.165, 1.54) is 0 Å². The minimum atomic E-state index is 0.228. The van der Waals surface area contributed by atoms with E-state index in [-0.39, 0.29) is 5.91 Å². The number of tetrazole rings is 1. The van der Waals surface area contributed by atoms with Gasteiger partial charge in [0.2, 0.25) is 5.91 Å². The molecule has 2 atom stereocenters. The maximum atomic E-state index is 12.5. The number of nitrogens with one attached hydrogen (secondary N) is 1. The van der Waals surface area contributed by atoms with Crippen LogP contribution >= 0.6 is 0 Å². The van der Waals surface area contributed by atoms with Gasteiger partial charge in [0.1, 0.15) is 0 Å². The standard InChI is InChI=1S/C16H20N6O/c1-11-18-19-20-22(11)15-4-2-12(3-5-15)6-16(23)21-9-13-7-17-8-14(13)10-21/h2-5,13-14,17H,6-10H2,1H3/t13-,14+. The van der Waals surface area contributed by atoms with Crippen LogP contribution in [0.4, 0.5) is 0 Å². The van der Waals surface area contributed by atoms with Crippen LogP contribution < -0.4 is 5.32 Å². The van der Waals surface area contributed by atoms with Gasteiger partial charge in [0, 0.05) is 26.2 Å². The Kier molecular flexibility index (Phi) is 3.57. The van der Waals surface area contributed by atoms with Crippen LogP contribution in [0.5, 0.6) is 0 Å². The number of aromatic nitrogens is 4. The van der Waals surface area contributed by atoms with E-state index in [4.69, 9.17) is 0 Å². The van der Waals surface area contributed by atoms with Gasteiger partial charge in [-0.3, -0.25) is 4.79 Å². The minimum Gasteiger partial charge on any atom is -0.342 e. The fourth-order valence-corrected chi connectivity index (χ4v) is 3.57. The van der Waals surface area contributed by atoms with Gasteiger partial charge in [0.05, 0.1) is 12.1 Å². The third-order valence-corrected chi connectivity index (χ3v) is 4.90. The number of rotatable bonds is 3. The molecular weight excluding hydrogens is 292 g/mol. The maximum absolute atomic E-state index is 12.5. The highest BCUT2D eigenvalue weighted by atomic mass is 16.2. The molecule has 0 spiro atoms. The van der Waals surface area contributed by atoms with Crippen molar-refractivity contribution in [2.75, 3.05) is 26.2 Å². The first-order valence-electron chi connectivity index (χ1n) is 8.03. The average Bonchev–Trinajstić information content (AvgIpc) is 3.23. The topological polar surface area (TPSA) is 75.9 Å². The Morgan fingerprint density at radius 1 is 1.22 bits per heavy atom. The van der Waals surface area contributed by atoms with Gasteiger partial charge in [-0.05, 0) is 46.9 Å². The molecule has 1 aromatic carbocycles. The molecule has 2 saturated heterocycles. The Hall–Kier alpha value is -2.28. The Labute approximate surface area is 134 Å². The van der Waals surface area contributed by atoms with Crippen LogP contribution in [0.3, 0.4) is 0 Å². The fourth-order valence-electron chi connectivity index (χ4n) is 3.57. The molecule has 0 saturated carbocycles. The van der Waals surface area contributed by atoms with Crippen molar-refractivity contribution in [2.45, 2.75) is 13.3 Å². The first-order valence-corrected chi connectivity index (χ1v) is 8.03. The molecule has 3 heterocycles. The largest absolute Gasteiger partial charge is 0.342 e. The van der Waals surface area contributed by atoms with Crippen molar-refractivity contribution >= 4 is 5.91 Å². The summed E-state index contributed by atoms with van der Waals surface area (Å²) >= 11 is 0. The first kappa shape index (κ1) is 14.3. The van der Waals surface area contributed by atoms with Gasteiger partial charge in [0.15, 0.2) is 5.82 Å². The maximum Gasteiger partial charge on any atom is 0.227 e. The van der Waals surface area contributed by atoms with Crippen molar-refractivity contribution in [1.29, 1.82) is 0 Å². The average molecular weight is 312 g/mol. The second-order valence-electron chi connectivity index (χ2n) is 6.46. The molecule has 2 aliphatic heterocycles. The van der Waals surface area contributed by atoms with Crippen molar-refractivity contribution in [3.63, 3.8) is 0 Å². The van der Waals surface area contributed by atoms with Crippen molar-refractivity contribution in [3.8, 4) is 5.69 Å². The second kappa shape index (κ2) is 5.73. The highest BCUT2D eigenvalue weighted by Crippen LogP contribution is 2.26. The molecule has 23 heavy (non-hydrogen) atoms. The molecule has 120 valence electrons. The normalized spacial score (nSPS) is 23.3. The van der Waals surface area contributed by atoms with E-state index in [1.54, 1.807) is 4.68 Å². The van der Waals surface area contributed by atoms with Gasteiger partial charge in [0.25, 0.3) is 0 Å². The molecule has 0 bridgehead atoms. The molecule has 0 aliphatic carbocycles. The Morgan fingerprint density at radius 2 is 1.91 bits per heavy atom. The Balaban J connectivity index is 1.41. The lowest BCUT2D eigenvalue weighted by atomic mass is 10.0. The third-order valence-electron chi connectivity index (χ3n) is 4.90. The quantitative estimate of drug-likeness (QED) is 0.876. The summed E-state index contributed by atoms with van der Waals surface area (Å²) in [6, 6.07) is 7.86. The number of carbonyl (C=O) groups excluding carboxylic acids is 1. The number of amides is 1. The molecule has 1 amide bonds. The summed E-state index contributed by atoms with van der Waals surface area (Å²) in [6.45, 7) is 5.76. The van der Waals surface area contributed by atoms with Gasteiger partial charge in [-0.25, -0.2) is 0 Å². The third kappa shape index (κ3) is 2.72. The molecular formula is C16H20N6O. The zero-order valence-electron chi connectivity index (χ0n) is 13.1. The summed E-state index contributed by atoms with van der Waals surface area (Å²) in [6.07, 6.45) is 0.460. The highest BCUT2D eigenvalue weighted by molar-refractivity contribution is 5.79. The minimum absolute atomic E-state index is 0.228. The van der Waals surface area contributed by atoms with E-state index in [1.807, 2.05) is 36.1 Å². The lowest BCUT2D eigenvalue weighted by Gasteiger charge is -2.17. The number of hydrogen-bond donors (Lipinski definition) is 1. The molecule has 2 aromatic rings. The van der Waals surface area contributed by atoms with Gasteiger partial charge in [-0.15, -0.1) is 5.10 Å². The summed E-state index contributed by atoms with van der Waals surface area (Å²) in [7, 11) is 0. The van der Waals surface area contributed by atoms with Crippen LogP contribution in [0, 0.1) is 18.8 Å². The predicted molar refractivity (Wildman–Crippen MR) is 84.0 cm³/mol. The number of nitrogens with zero attached hydrogens (tertiary/aromatic N) is 5. The Bertz CT molecular complexity index is 698. The zero-order valence-corrected chi connectivity index (χ0v) is 13.1. The molecule has 7 heteroatoms. The van der Waals surface area contributed by atoms with E-state index in [2.05, 4.69) is 20.8 Å². The summed E-state index contributed by atoms with van der Waals surface area (Å²) in [5, 5.41) is 14.9. The molecule has 0 radical (unpaired) electrons. The number of aryl methyl sites for hydroxylation is 1. The second-order valence-corrected chi connectivity index (χ2v) is 6.46. The summed E-state index contributed by atoms with van der Waals surface area (Å²) in [5.74, 6) is 2.25. The number of likely N-dealkylation sites (tertiary alicyclic amines) is 1. The molecule has 2 aliphatic rings. The van der Waals surface area contributed by atoms with Crippen LogP contribution in [0.2, 0.25) is 0 Å². The number of fused-ring (bicyclic) bond motifs is 1. The van der Waals surface area contributed by atoms with Gasteiger partial charge < -0.3 is 10.2 Å². The van der Waals surface area contributed by atoms with Crippen molar-refractivity contribution in [3.05, 3.63) is 35.7 Å². The molecule has 2 fully saturated rings. The lowest BCUT2D eigenvalue weighted by Crippen LogP contribution is -2.32. The lowest BCUT2D eigenvalue weighted by molar-refractivity contribution is -0.129. The van der Waals surface area contributed by atoms with Crippen LogP contribution in [0.25, 0.3) is 5.69 Å². The summed E-state index contributed by atoms with van der Waals surface area (Å²) in [5.41, 5.74) is 1.94. The molecule has 1 N–H and O–H groups in total. The van der Waals surface area contributed by atoms with E-state index in [9.17, 15) is 4.79 Å². The number of carbonyl (C=O) groups is 1. The van der Waals surface area contributed by atoms with Gasteiger partial charge in [-0.1, -0.05) is 12.1 Å².